The number of aliphatic hydroxyl groups is 4. The van der Waals surface area contributed by atoms with Gasteiger partial charge in [0.25, 0.3) is 0 Å². The molecule has 5 rings (SSSR count). The van der Waals surface area contributed by atoms with E-state index in [0.29, 0.717) is 48.3 Å². The summed E-state index contributed by atoms with van der Waals surface area (Å²) < 4.78 is 0. The minimum atomic E-state index is -1.30. The van der Waals surface area contributed by atoms with Gasteiger partial charge in [-0.1, -0.05) is 48.5 Å². The van der Waals surface area contributed by atoms with E-state index in [4.69, 9.17) is 0 Å². The van der Waals surface area contributed by atoms with Crippen LogP contribution in [0.1, 0.15) is 99.8 Å². The van der Waals surface area contributed by atoms with Crippen LogP contribution in [-0.2, 0) is 0 Å². The van der Waals surface area contributed by atoms with Gasteiger partial charge in [0.1, 0.15) is 0 Å². The van der Waals surface area contributed by atoms with E-state index in [1.54, 1.807) is 0 Å². The quantitative estimate of drug-likeness (QED) is 0.459. The van der Waals surface area contributed by atoms with Crippen LogP contribution in [0.5, 0.6) is 0 Å². The molecule has 0 aromatic heterocycles. The fraction of sp³-hybridized carbons (Fsp3) is 1.00. The lowest BCUT2D eigenvalue weighted by atomic mass is 9.41. The largest absolute Gasteiger partial charge is 0.393 e. The van der Waals surface area contributed by atoms with Crippen molar-refractivity contribution in [3.05, 3.63) is 0 Å². The first-order valence-corrected chi connectivity index (χ1v) is 14.5. The summed E-state index contributed by atoms with van der Waals surface area (Å²) in [6.07, 6.45) is 4.87. The van der Waals surface area contributed by atoms with Gasteiger partial charge in [-0.2, -0.15) is 0 Å². The molecule has 0 heterocycles. The summed E-state index contributed by atoms with van der Waals surface area (Å²) in [7, 11) is 0. The van der Waals surface area contributed by atoms with Crippen molar-refractivity contribution in [2.24, 2.45) is 63.6 Å². The SMILES string of the molecule is CC(C)[C@@H](C)[C@@]1(C)C[C@@H]1[C@@H](C)C1CCC2C3C[C@@H](O)[C@@]4(O)C[C@@H](O)CC[C@]4(C)C3[C@H](O)C[C@@]21C. The monoisotopic (exact) mass is 476 g/mol. The molecule has 4 heteroatoms. The van der Waals surface area contributed by atoms with Gasteiger partial charge in [-0.3, -0.25) is 0 Å². The predicted molar refractivity (Wildman–Crippen MR) is 135 cm³/mol. The molecule has 34 heavy (non-hydrogen) atoms. The van der Waals surface area contributed by atoms with E-state index >= 15 is 0 Å². The Morgan fingerprint density at radius 2 is 1.50 bits per heavy atom. The fourth-order valence-corrected chi connectivity index (χ4v) is 11.1. The van der Waals surface area contributed by atoms with E-state index in [-0.39, 0.29) is 23.7 Å². The van der Waals surface area contributed by atoms with Crippen LogP contribution < -0.4 is 0 Å². The normalized spacial score (nSPS) is 58.6. The predicted octanol–water partition coefficient (Wildman–Crippen LogP) is 5.02. The summed E-state index contributed by atoms with van der Waals surface area (Å²) in [5, 5.41) is 45.1. The summed E-state index contributed by atoms with van der Waals surface area (Å²) in [6, 6.07) is 0. The van der Waals surface area contributed by atoms with Gasteiger partial charge in [0.05, 0.1) is 23.9 Å². The molecule has 196 valence electrons. The van der Waals surface area contributed by atoms with Crippen LogP contribution in [0.3, 0.4) is 0 Å². The van der Waals surface area contributed by atoms with Crippen LogP contribution in [-0.4, -0.2) is 44.3 Å². The van der Waals surface area contributed by atoms with Gasteiger partial charge in [0, 0.05) is 11.8 Å². The van der Waals surface area contributed by atoms with Crippen molar-refractivity contribution in [1.29, 1.82) is 0 Å². The Morgan fingerprint density at radius 3 is 2.15 bits per heavy atom. The highest BCUT2D eigenvalue weighted by Gasteiger charge is 2.70. The molecule has 0 aliphatic heterocycles. The van der Waals surface area contributed by atoms with Gasteiger partial charge in [0.2, 0.25) is 0 Å². The van der Waals surface area contributed by atoms with Crippen molar-refractivity contribution in [2.45, 2.75) is 124 Å². The lowest BCUT2D eigenvalue weighted by molar-refractivity contribution is -0.283. The summed E-state index contributed by atoms with van der Waals surface area (Å²) in [5.74, 6) is 4.27. The second-order valence-electron chi connectivity index (χ2n) is 15.0. The van der Waals surface area contributed by atoms with Crippen molar-refractivity contribution >= 4 is 0 Å². The van der Waals surface area contributed by atoms with Gasteiger partial charge in [-0.05, 0) is 103 Å². The lowest BCUT2D eigenvalue weighted by Gasteiger charge is -2.66. The third-order valence-corrected chi connectivity index (χ3v) is 13.5. The summed E-state index contributed by atoms with van der Waals surface area (Å²) in [5.41, 5.74) is -1.29. The fourth-order valence-electron chi connectivity index (χ4n) is 11.1. The molecule has 0 amide bonds. The molecule has 0 aromatic carbocycles. The molecule has 4 nitrogen and oxygen atoms in total. The minimum absolute atomic E-state index is 0.00712. The molecule has 0 aromatic rings. The molecular weight excluding hydrogens is 424 g/mol. The molecule has 0 bridgehead atoms. The first-order valence-electron chi connectivity index (χ1n) is 14.5. The Balaban J connectivity index is 1.41. The average Bonchev–Trinajstić information content (AvgIpc) is 3.32. The van der Waals surface area contributed by atoms with Crippen molar-refractivity contribution in [2.75, 3.05) is 0 Å². The topological polar surface area (TPSA) is 80.9 Å². The Morgan fingerprint density at radius 1 is 0.824 bits per heavy atom. The molecule has 5 aliphatic rings. The summed E-state index contributed by atoms with van der Waals surface area (Å²) in [4.78, 5) is 0. The van der Waals surface area contributed by atoms with Gasteiger partial charge in [-0.25, -0.2) is 0 Å². The van der Waals surface area contributed by atoms with Crippen LogP contribution in [0.25, 0.3) is 0 Å². The molecule has 0 saturated heterocycles. The van der Waals surface area contributed by atoms with E-state index in [1.807, 2.05) is 0 Å². The maximum Gasteiger partial charge on any atom is 0.0986 e. The smallest absolute Gasteiger partial charge is 0.0986 e. The van der Waals surface area contributed by atoms with Crippen LogP contribution in [0, 0.1) is 63.6 Å². The Bertz CT molecular complexity index is 799. The number of hydrogen-bond acceptors (Lipinski definition) is 4. The maximum atomic E-state index is 11.7. The average molecular weight is 477 g/mol. The molecule has 0 radical (unpaired) electrons. The van der Waals surface area contributed by atoms with E-state index in [0.717, 1.165) is 18.3 Å². The molecule has 4 N–H and O–H groups in total. The number of hydrogen-bond donors (Lipinski definition) is 4. The van der Waals surface area contributed by atoms with Crippen molar-refractivity contribution < 1.29 is 20.4 Å². The van der Waals surface area contributed by atoms with Gasteiger partial charge in [-0.15, -0.1) is 0 Å². The summed E-state index contributed by atoms with van der Waals surface area (Å²) in [6.45, 7) is 16.7. The number of rotatable bonds is 4. The molecular formula is C30H52O4. The molecule has 0 spiro atoms. The summed E-state index contributed by atoms with van der Waals surface area (Å²) >= 11 is 0. The zero-order valence-electron chi connectivity index (χ0n) is 22.8. The third kappa shape index (κ3) is 3.23. The van der Waals surface area contributed by atoms with Gasteiger partial charge >= 0.3 is 0 Å². The minimum Gasteiger partial charge on any atom is -0.393 e. The first kappa shape index (κ1) is 25.5. The molecule has 5 fully saturated rings. The molecule has 5 aliphatic carbocycles. The van der Waals surface area contributed by atoms with Crippen LogP contribution in [0.4, 0.5) is 0 Å². The van der Waals surface area contributed by atoms with Gasteiger partial charge < -0.3 is 20.4 Å². The molecule has 14 atom stereocenters. The third-order valence-electron chi connectivity index (χ3n) is 13.5. The Labute approximate surface area is 207 Å². The van der Waals surface area contributed by atoms with E-state index in [9.17, 15) is 20.4 Å². The van der Waals surface area contributed by atoms with E-state index < -0.39 is 29.3 Å². The van der Waals surface area contributed by atoms with E-state index in [2.05, 4.69) is 48.5 Å². The second-order valence-corrected chi connectivity index (χ2v) is 15.0. The van der Waals surface area contributed by atoms with Crippen molar-refractivity contribution in [3.8, 4) is 0 Å². The Hall–Kier alpha value is -0.160. The number of fused-ring (bicyclic) bond motifs is 5. The number of aliphatic hydroxyl groups excluding tert-OH is 3. The van der Waals surface area contributed by atoms with Gasteiger partial charge in [0.15, 0.2) is 0 Å². The Kier molecular flexibility index (Phi) is 5.94. The van der Waals surface area contributed by atoms with Crippen LogP contribution in [0.2, 0.25) is 0 Å². The molecule has 4 unspecified atom stereocenters. The highest BCUT2D eigenvalue weighted by atomic mass is 16.3. The van der Waals surface area contributed by atoms with Crippen molar-refractivity contribution in [3.63, 3.8) is 0 Å². The standard InChI is InChI=1S/C30H52O4/c1-16(2)18(4)27(5)14-23(27)17(3)21-8-9-22-20-12-25(33)30(34)13-19(31)10-11-29(30,7)26(20)24(32)15-28(21,22)6/h16-26,31-34H,8-15H2,1-7H3/t17-,18+,19-,20?,21?,22?,23+,24+,25+,26?,27+,28+,29+,30-/m0/s1. The second kappa shape index (κ2) is 7.92. The zero-order valence-corrected chi connectivity index (χ0v) is 22.8. The van der Waals surface area contributed by atoms with Crippen LogP contribution >= 0.6 is 0 Å². The zero-order chi connectivity index (χ0) is 25.0. The molecule has 5 saturated carbocycles. The highest BCUT2D eigenvalue weighted by Crippen LogP contribution is 2.72. The maximum absolute atomic E-state index is 11.7. The highest BCUT2D eigenvalue weighted by molar-refractivity contribution is 5.19. The van der Waals surface area contributed by atoms with E-state index in [1.165, 1.54) is 19.3 Å². The van der Waals surface area contributed by atoms with Crippen LogP contribution in [0.15, 0.2) is 0 Å². The van der Waals surface area contributed by atoms with Crippen molar-refractivity contribution in [1.82, 2.24) is 0 Å². The lowest BCUT2D eigenvalue weighted by Crippen LogP contribution is -2.71. The first-order chi connectivity index (χ1) is 15.7.